The van der Waals surface area contributed by atoms with Gasteiger partial charge in [-0.25, -0.2) is 4.79 Å². The van der Waals surface area contributed by atoms with Crippen LogP contribution in [0.4, 0.5) is 5.69 Å². The van der Waals surface area contributed by atoms with Crippen molar-refractivity contribution < 1.29 is 28.9 Å². The average molecular weight is 451 g/mol. The maximum absolute atomic E-state index is 12.4. The Labute approximate surface area is 182 Å². The number of carbonyl (C=O) groups excluding carboxylic acids is 1. The van der Waals surface area contributed by atoms with E-state index in [-0.39, 0.29) is 5.91 Å². The van der Waals surface area contributed by atoms with Crippen molar-refractivity contribution in [1.82, 2.24) is 5.32 Å². The zero-order chi connectivity index (χ0) is 21.7. The fourth-order valence-corrected chi connectivity index (χ4v) is 3.83. The molecule has 0 spiro atoms. The van der Waals surface area contributed by atoms with E-state index in [2.05, 4.69) is 10.6 Å². The summed E-state index contributed by atoms with van der Waals surface area (Å²) in [5, 5.41) is 15.3. The molecule has 30 heavy (non-hydrogen) atoms. The van der Waals surface area contributed by atoms with Crippen LogP contribution in [0.15, 0.2) is 41.3 Å². The van der Waals surface area contributed by atoms with Crippen molar-refractivity contribution in [3.8, 4) is 17.2 Å². The number of carbonyl (C=O) groups is 2. The normalized spacial score (nSPS) is 16.8. The Morgan fingerprint density at radius 1 is 1.20 bits per heavy atom. The van der Waals surface area contributed by atoms with E-state index >= 15 is 0 Å². The van der Waals surface area contributed by atoms with Gasteiger partial charge in [-0.1, -0.05) is 29.4 Å². The highest BCUT2D eigenvalue weighted by atomic mass is 35.5. The third kappa shape index (κ3) is 5.31. The van der Waals surface area contributed by atoms with Crippen LogP contribution in [-0.2, 0) is 9.59 Å². The Hall–Kier alpha value is -3.04. The maximum Gasteiger partial charge on any atom is 0.341 e. The predicted octanol–water partition coefficient (Wildman–Crippen LogP) is 3.42. The number of ether oxygens (including phenoxy) is 3. The first-order valence-electron chi connectivity index (χ1n) is 8.71. The molecule has 1 atom stereocenters. The van der Waals surface area contributed by atoms with Gasteiger partial charge in [-0.15, -0.1) is 0 Å². The number of amides is 1. The number of halogens is 1. The van der Waals surface area contributed by atoms with Crippen LogP contribution < -0.4 is 24.8 Å². The number of anilines is 1. The maximum atomic E-state index is 12.4. The molecule has 3 rings (SSSR count). The number of methoxy groups -OCH3 is 2. The number of aliphatic carboxylic acids is 1. The summed E-state index contributed by atoms with van der Waals surface area (Å²) in [5.41, 5.74) is 0.954. The molecule has 0 saturated carbocycles. The van der Waals surface area contributed by atoms with Crippen molar-refractivity contribution in [1.29, 1.82) is 0 Å². The quantitative estimate of drug-likeness (QED) is 0.525. The molecule has 0 aliphatic carbocycles. The van der Waals surface area contributed by atoms with E-state index < -0.39 is 18.1 Å². The van der Waals surface area contributed by atoms with Crippen LogP contribution in [0.1, 0.15) is 5.56 Å². The van der Waals surface area contributed by atoms with Gasteiger partial charge in [0.25, 0.3) is 5.91 Å². The van der Waals surface area contributed by atoms with Crippen molar-refractivity contribution >= 4 is 47.0 Å². The lowest BCUT2D eigenvalue weighted by Crippen LogP contribution is -2.31. The lowest BCUT2D eigenvalue weighted by Gasteiger charge is -2.15. The summed E-state index contributed by atoms with van der Waals surface area (Å²) in [7, 11) is 3.01. The summed E-state index contributed by atoms with van der Waals surface area (Å²) in [4.78, 5) is 23.6. The molecular formula is C20H19ClN2O6S. The topological polar surface area (TPSA) is 106 Å². The second-order valence-electron chi connectivity index (χ2n) is 6.06. The van der Waals surface area contributed by atoms with Crippen LogP contribution in [0, 0.1) is 0 Å². The van der Waals surface area contributed by atoms with E-state index in [1.165, 1.54) is 18.9 Å². The first-order chi connectivity index (χ1) is 14.4. The number of rotatable bonds is 8. The van der Waals surface area contributed by atoms with Crippen LogP contribution in [-0.4, -0.2) is 43.3 Å². The molecule has 0 bridgehead atoms. The first-order valence-corrected chi connectivity index (χ1v) is 9.97. The van der Waals surface area contributed by atoms with Crippen LogP contribution in [0.3, 0.4) is 0 Å². The summed E-state index contributed by atoms with van der Waals surface area (Å²) in [6, 6.07) is 10.1. The highest BCUT2D eigenvalue weighted by Crippen LogP contribution is 2.35. The highest BCUT2D eigenvalue weighted by molar-refractivity contribution is 8.05. The van der Waals surface area contributed by atoms with Crippen LogP contribution >= 0.6 is 23.4 Å². The summed E-state index contributed by atoms with van der Waals surface area (Å²) in [6.07, 6.45) is 1.71. The molecule has 10 heteroatoms. The van der Waals surface area contributed by atoms with Gasteiger partial charge in [0.1, 0.15) is 5.75 Å². The van der Waals surface area contributed by atoms with Crippen molar-refractivity contribution in [2.24, 2.45) is 0 Å². The summed E-state index contributed by atoms with van der Waals surface area (Å²) >= 11 is 7.36. The zero-order valence-corrected chi connectivity index (χ0v) is 17.7. The van der Waals surface area contributed by atoms with Gasteiger partial charge < -0.3 is 30.0 Å². The number of thioether (sulfide) groups is 1. The minimum Gasteiger partial charge on any atom is -0.495 e. The minimum absolute atomic E-state index is 0.233. The molecule has 1 aliphatic rings. The molecule has 1 unspecified atom stereocenters. The number of hydrogen-bond donors (Lipinski definition) is 3. The lowest BCUT2D eigenvalue weighted by atomic mass is 10.2. The molecule has 8 nitrogen and oxygen atoms in total. The van der Waals surface area contributed by atoms with E-state index in [1.54, 1.807) is 49.6 Å². The second kappa shape index (κ2) is 9.64. The summed E-state index contributed by atoms with van der Waals surface area (Å²) in [6.45, 7) is -0.477. The van der Waals surface area contributed by atoms with Gasteiger partial charge in [0.15, 0.2) is 23.6 Å². The number of nitrogens with one attached hydrogen (secondary N) is 2. The molecule has 158 valence electrons. The highest BCUT2D eigenvalue weighted by Gasteiger charge is 2.28. The molecule has 1 aliphatic heterocycles. The van der Waals surface area contributed by atoms with E-state index in [1.807, 2.05) is 0 Å². The van der Waals surface area contributed by atoms with E-state index in [0.717, 1.165) is 0 Å². The second-order valence-corrected chi connectivity index (χ2v) is 7.64. The fourth-order valence-electron chi connectivity index (χ4n) is 2.68. The standard InChI is InChI=1S/C20H19ClN2O6S/c1-27-14-6-4-12(21)9-13(14)22-20-23-19(26)17(30-20)8-11-3-5-15(16(7-11)28-2)29-10-18(24)25/h3-9,20,22H,10H2,1-2H3,(H,23,26)(H,24,25)/b17-8-. The average Bonchev–Trinajstić information content (AvgIpc) is 3.05. The third-order valence-electron chi connectivity index (χ3n) is 4.02. The fraction of sp³-hybridized carbons (Fsp3) is 0.200. The van der Waals surface area contributed by atoms with Gasteiger partial charge in [-0.3, -0.25) is 4.79 Å². The largest absolute Gasteiger partial charge is 0.495 e. The Kier molecular flexibility index (Phi) is 6.96. The number of carboxylic acid groups (broad SMARTS) is 1. The molecule has 1 saturated heterocycles. The number of benzene rings is 2. The Morgan fingerprint density at radius 3 is 2.63 bits per heavy atom. The summed E-state index contributed by atoms with van der Waals surface area (Å²) in [5.74, 6) is -0.0419. The van der Waals surface area contributed by atoms with E-state index in [0.29, 0.717) is 38.4 Å². The van der Waals surface area contributed by atoms with Crippen LogP contribution in [0.5, 0.6) is 17.2 Å². The Bertz CT molecular complexity index is 997. The molecular weight excluding hydrogens is 432 g/mol. The SMILES string of the molecule is COc1ccc(Cl)cc1NC1NC(=O)/C(=C/c2ccc(OCC(=O)O)c(OC)c2)S1. The zero-order valence-electron chi connectivity index (χ0n) is 16.1. The predicted molar refractivity (Wildman–Crippen MR) is 115 cm³/mol. The number of hydrogen-bond acceptors (Lipinski definition) is 7. The van der Waals surface area contributed by atoms with E-state index in [4.69, 9.17) is 30.9 Å². The van der Waals surface area contributed by atoms with Gasteiger partial charge >= 0.3 is 5.97 Å². The first kappa shape index (κ1) is 21.7. The van der Waals surface area contributed by atoms with Crippen molar-refractivity contribution in [3.63, 3.8) is 0 Å². The number of carboxylic acids is 1. The van der Waals surface area contributed by atoms with Crippen LogP contribution in [0.2, 0.25) is 5.02 Å². The van der Waals surface area contributed by atoms with Gasteiger partial charge in [0.05, 0.1) is 24.8 Å². The lowest BCUT2D eigenvalue weighted by molar-refractivity contribution is -0.139. The van der Waals surface area contributed by atoms with Crippen LogP contribution in [0.25, 0.3) is 6.08 Å². The van der Waals surface area contributed by atoms with Gasteiger partial charge in [0, 0.05) is 5.02 Å². The smallest absolute Gasteiger partial charge is 0.341 e. The monoisotopic (exact) mass is 450 g/mol. The van der Waals surface area contributed by atoms with Gasteiger partial charge in [0.2, 0.25) is 0 Å². The Balaban J connectivity index is 1.74. The van der Waals surface area contributed by atoms with Gasteiger partial charge in [-0.05, 0) is 42.0 Å². The molecule has 1 amide bonds. The molecule has 2 aromatic rings. The minimum atomic E-state index is -1.09. The van der Waals surface area contributed by atoms with Crippen molar-refractivity contribution in [3.05, 3.63) is 51.9 Å². The Morgan fingerprint density at radius 2 is 1.93 bits per heavy atom. The third-order valence-corrected chi connectivity index (χ3v) is 5.28. The van der Waals surface area contributed by atoms with E-state index in [9.17, 15) is 9.59 Å². The molecule has 3 N–H and O–H groups in total. The van der Waals surface area contributed by atoms with Crippen molar-refractivity contribution in [2.45, 2.75) is 5.50 Å². The molecule has 2 aromatic carbocycles. The molecule has 0 radical (unpaired) electrons. The molecule has 1 fully saturated rings. The molecule has 1 heterocycles. The van der Waals surface area contributed by atoms with Crippen molar-refractivity contribution in [2.75, 3.05) is 26.1 Å². The summed E-state index contributed by atoms with van der Waals surface area (Å²) < 4.78 is 15.8. The molecule has 0 aromatic heterocycles. The van der Waals surface area contributed by atoms with Gasteiger partial charge in [-0.2, -0.15) is 0 Å².